The molecule has 0 aliphatic heterocycles. The van der Waals surface area contributed by atoms with Gasteiger partial charge >= 0.3 is 0 Å². The molecular weight excluding hydrogens is 358 g/mol. The number of amides is 1. The minimum Gasteiger partial charge on any atom is -0.338 e. The molecular formula is C18H16ClN3O2S. The van der Waals surface area contributed by atoms with E-state index < -0.39 is 0 Å². The summed E-state index contributed by atoms with van der Waals surface area (Å²) in [5, 5.41) is 7.47. The standard InChI is InChI=1S/C18H16ClN3O2S/c1-12-3-2-4-15(9-12)20-16(23)10-25-11-17-21-18(22-24-17)13-5-7-14(19)8-6-13/h2-9H,10-11H2,1H3,(H,20,23). The van der Waals surface area contributed by atoms with Gasteiger partial charge in [-0.2, -0.15) is 4.98 Å². The summed E-state index contributed by atoms with van der Waals surface area (Å²) in [5.74, 6) is 1.72. The lowest BCUT2D eigenvalue weighted by molar-refractivity contribution is -0.113. The summed E-state index contributed by atoms with van der Waals surface area (Å²) >= 11 is 7.28. The molecule has 0 aliphatic carbocycles. The van der Waals surface area contributed by atoms with E-state index in [1.165, 1.54) is 11.8 Å². The van der Waals surface area contributed by atoms with Crippen molar-refractivity contribution in [1.82, 2.24) is 10.1 Å². The SMILES string of the molecule is Cc1cccc(NC(=O)CSCc2nc(-c3ccc(Cl)cc3)no2)c1. The number of anilines is 1. The summed E-state index contributed by atoms with van der Waals surface area (Å²) in [6.07, 6.45) is 0. The lowest BCUT2D eigenvalue weighted by Gasteiger charge is -2.05. The molecule has 2 aromatic carbocycles. The van der Waals surface area contributed by atoms with E-state index >= 15 is 0 Å². The van der Waals surface area contributed by atoms with Gasteiger partial charge in [0.25, 0.3) is 0 Å². The van der Waals surface area contributed by atoms with Gasteiger partial charge in [-0.15, -0.1) is 11.8 Å². The molecule has 0 saturated heterocycles. The van der Waals surface area contributed by atoms with Crippen molar-refractivity contribution in [3.63, 3.8) is 0 Å². The smallest absolute Gasteiger partial charge is 0.236 e. The molecule has 7 heteroatoms. The van der Waals surface area contributed by atoms with Crippen molar-refractivity contribution in [2.45, 2.75) is 12.7 Å². The molecule has 1 N–H and O–H groups in total. The van der Waals surface area contributed by atoms with Crippen LogP contribution in [-0.4, -0.2) is 21.8 Å². The van der Waals surface area contributed by atoms with Crippen LogP contribution in [0.3, 0.4) is 0 Å². The third-order valence-corrected chi connectivity index (χ3v) is 4.50. The van der Waals surface area contributed by atoms with Gasteiger partial charge in [0.15, 0.2) is 0 Å². The summed E-state index contributed by atoms with van der Waals surface area (Å²) in [5.41, 5.74) is 2.74. The van der Waals surface area contributed by atoms with Gasteiger partial charge in [-0.1, -0.05) is 28.9 Å². The monoisotopic (exact) mass is 373 g/mol. The number of hydrogen-bond acceptors (Lipinski definition) is 5. The summed E-state index contributed by atoms with van der Waals surface area (Å²) in [6, 6.07) is 14.9. The fourth-order valence-electron chi connectivity index (χ4n) is 2.18. The number of nitrogens with zero attached hydrogens (tertiary/aromatic N) is 2. The van der Waals surface area contributed by atoms with Gasteiger partial charge in [0.1, 0.15) is 0 Å². The molecule has 3 rings (SSSR count). The molecule has 0 aliphatic rings. The molecule has 1 heterocycles. The van der Waals surface area contributed by atoms with Crippen LogP contribution in [0.5, 0.6) is 0 Å². The van der Waals surface area contributed by atoms with Crippen molar-refractivity contribution in [1.29, 1.82) is 0 Å². The van der Waals surface area contributed by atoms with Crippen molar-refractivity contribution in [3.8, 4) is 11.4 Å². The van der Waals surface area contributed by atoms with Crippen LogP contribution in [0.25, 0.3) is 11.4 Å². The van der Waals surface area contributed by atoms with Gasteiger partial charge in [0, 0.05) is 16.3 Å². The molecule has 1 amide bonds. The lowest BCUT2D eigenvalue weighted by Crippen LogP contribution is -2.14. The number of halogens is 1. The zero-order valence-corrected chi connectivity index (χ0v) is 15.1. The van der Waals surface area contributed by atoms with E-state index in [4.69, 9.17) is 16.1 Å². The molecule has 0 unspecified atom stereocenters. The molecule has 25 heavy (non-hydrogen) atoms. The second-order valence-electron chi connectivity index (χ2n) is 5.43. The topological polar surface area (TPSA) is 68.0 Å². The zero-order valence-electron chi connectivity index (χ0n) is 13.5. The lowest BCUT2D eigenvalue weighted by atomic mass is 10.2. The molecule has 128 valence electrons. The number of aryl methyl sites for hydroxylation is 1. The van der Waals surface area contributed by atoms with E-state index in [-0.39, 0.29) is 5.91 Å². The Balaban J connectivity index is 1.49. The van der Waals surface area contributed by atoms with Crippen molar-refractivity contribution in [2.75, 3.05) is 11.1 Å². The van der Waals surface area contributed by atoms with Crippen LogP contribution in [0.4, 0.5) is 5.69 Å². The summed E-state index contributed by atoms with van der Waals surface area (Å²) < 4.78 is 5.22. The Morgan fingerprint density at radius 1 is 1.24 bits per heavy atom. The highest BCUT2D eigenvalue weighted by atomic mass is 35.5. The first kappa shape index (κ1) is 17.5. The Hall–Kier alpha value is -2.31. The first-order valence-electron chi connectivity index (χ1n) is 7.63. The molecule has 0 spiro atoms. The van der Waals surface area contributed by atoms with Crippen LogP contribution < -0.4 is 5.32 Å². The molecule has 0 radical (unpaired) electrons. The Morgan fingerprint density at radius 2 is 2.04 bits per heavy atom. The Morgan fingerprint density at radius 3 is 2.80 bits per heavy atom. The van der Waals surface area contributed by atoms with E-state index in [0.29, 0.717) is 28.2 Å². The zero-order chi connectivity index (χ0) is 17.6. The molecule has 5 nitrogen and oxygen atoms in total. The van der Waals surface area contributed by atoms with Gasteiger partial charge in [0.2, 0.25) is 17.6 Å². The number of nitrogens with one attached hydrogen (secondary N) is 1. The number of rotatable bonds is 6. The summed E-state index contributed by atoms with van der Waals surface area (Å²) in [7, 11) is 0. The third kappa shape index (κ3) is 5.08. The van der Waals surface area contributed by atoms with Gasteiger partial charge in [-0.05, 0) is 48.9 Å². The van der Waals surface area contributed by atoms with Crippen LogP contribution in [0.1, 0.15) is 11.5 Å². The van der Waals surface area contributed by atoms with Gasteiger partial charge in [-0.25, -0.2) is 0 Å². The van der Waals surface area contributed by atoms with Crippen LogP contribution in [0.15, 0.2) is 53.1 Å². The maximum absolute atomic E-state index is 12.0. The van der Waals surface area contributed by atoms with E-state index in [1.54, 1.807) is 12.1 Å². The van der Waals surface area contributed by atoms with E-state index in [9.17, 15) is 4.79 Å². The van der Waals surface area contributed by atoms with Gasteiger partial charge in [0.05, 0.1) is 11.5 Å². The maximum Gasteiger partial charge on any atom is 0.236 e. The molecule has 0 bridgehead atoms. The average molecular weight is 374 g/mol. The van der Waals surface area contributed by atoms with E-state index in [1.807, 2.05) is 43.3 Å². The van der Waals surface area contributed by atoms with Gasteiger partial charge < -0.3 is 9.84 Å². The van der Waals surface area contributed by atoms with Crippen molar-refractivity contribution in [2.24, 2.45) is 0 Å². The predicted octanol–water partition coefficient (Wildman–Crippen LogP) is 4.57. The number of aromatic nitrogens is 2. The van der Waals surface area contributed by atoms with Crippen LogP contribution >= 0.6 is 23.4 Å². The fourth-order valence-corrected chi connectivity index (χ4v) is 2.96. The molecule has 1 aromatic heterocycles. The summed E-state index contributed by atoms with van der Waals surface area (Å²) in [6.45, 7) is 1.98. The van der Waals surface area contributed by atoms with Crippen LogP contribution in [0, 0.1) is 6.92 Å². The highest BCUT2D eigenvalue weighted by Crippen LogP contribution is 2.20. The largest absolute Gasteiger partial charge is 0.338 e. The van der Waals surface area contributed by atoms with E-state index in [2.05, 4.69) is 15.5 Å². The second-order valence-corrected chi connectivity index (χ2v) is 6.85. The molecule has 0 atom stereocenters. The van der Waals surface area contributed by atoms with Crippen LogP contribution in [-0.2, 0) is 10.5 Å². The quantitative estimate of drug-likeness (QED) is 0.685. The predicted molar refractivity (Wildman–Crippen MR) is 101 cm³/mol. The highest BCUT2D eigenvalue weighted by Gasteiger charge is 2.10. The average Bonchev–Trinajstić information content (AvgIpc) is 3.04. The first-order chi connectivity index (χ1) is 12.1. The third-order valence-electron chi connectivity index (χ3n) is 3.33. The number of thioether (sulfide) groups is 1. The van der Waals surface area contributed by atoms with Crippen molar-refractivity contribution in [3.05, 3.63) is 65.0 Å². The van der Waals surface area contributed by atoms with Crippen molar-refractivity contribution < 1.29 is 9.32 Å². The first-order valence-corrected chi connectivity index (χ1v) is 9.16. The van der Waals surface area contributed by atoms with Crippen LogP contribution in [0.2, 0.25) is 5.02 Å². The van der Waals surface area contributed by atoms with Gasteiger partial charge in [-0.3, -0.25) is 4.79 Å². The van der Waals surface area contributed by atoms with Crippen molar-refractivity contribution >= 4 is 35.0 Å². The minimum atomic E-state index is -0.0620. The Kier molecular flexibility index (Phi) is 5.73. The second kappa shape index (κ2) is 8.18. The summed E-state index contributed by atoms with van der Waals surface area (Å²) in [4.78, 5) is 16.3. The highest BCUT2D eigenvalue weighted by molar-refractivity contribution is 7.99. The fraction of sp³-hybridized carbons (Fsp3) is 0.167. The molecule has 0 fully saturated rings. The Bertz CT molecular complexity index is 865. The molecule has 0 saturated carbocycles. The number of carbonyl (C=O) groups excluding carboxylic acids is 1. The normalized spacial score (nSPS) is 10.6. The molecule has 3 aromatic rings. The maximum atomic E-state index is 12.0. The minimum absolute atomic E-state index is 0.0620. The Labute approximate surface area is 154 Å². The number of carbonyl (C=O) groups is 1. The number of benzene rings is 2. The van der Waals surface area contributed by atoms with E-state index in [0.717, 1.165) is 16.8 Å². The number of hydrogen-bond donors (Lipinski definition) is 1.